The predicted molar refractivity (Wildman–Crippen MR) is 107 cm³/mol. The second kappa shape index (κ2) is 6.62. The summed E-state index contributed by atoms with van der Waals surface area (Å²) in [6, 6.07) is 6.39. The molecular formula is C22H24N4O2. The third-order valence-corrected chi connectivity index (χ3v) is 6.01. The third kappa shape index (κ3) is 3.13. The van der Waals surface area contributed by atoms with E-state index < -0.39 is 0 Å². The lowest BCUT2D eigenvalue weighted by atomic mass is 10.0. The Morgan fingerprint density at radius 2 is 2.18 bits per heavy atom. The van der Waals surface area contributed by atoms with Gasteiger partial charge in [-0.05, 0) is 67.7 Å². The fourth-order valence-corrected chi connectivity index (χ4v) is 4.09. The number of aryl methyl sites for hydroxylation is 1. The molecule has 6 heteroatoms. The van der Waals surface area contributed by atoms with E-state index in [9.17, 15) is 4.79 Å². The van der Waals surface area contributed by atoms with Crippen molar-refractivity contribution in [3.8, 4) is 11.6 Å². The minimum atomic E-state index is -0.122. The van der Waals surface area contributed by atoms with E-state index in [0.29, 0.717) is 34.4 Å². The van der Waals surface area contributed by atoms with Crippen LogP contribution in [0.4, 0.5) is 0 Å². The quantitative estimate of drug-likeness (QED) is 0.695. The Hall–Kier alpha value is -2.89. The SMILES string of the molecule is CC1CCc2cc(Oc3cnc4[nH]cc(C(=O)NC(C)C5CC5)c4n3)ccc21. The molecule has 2 aliphatic carbocycles. The van der Waals surface area contributed by atoms with Crippen LogP contribution in [0.25, 0.3) is 11.2 Å². The average molecular weight is 376 g/mol. The monoisotopic (exact) mass is 376 g/mol. The Balaban J connectivity index is 1.39. The van der Waals surface area contributed by atoms with Crippen LogP contribution in [0.3, 0.4) is 0 Å². The second-order valence-corrected chi connectivity index (χ2v) is 8.11. The Kier molecular flexibility index (Phi) is 4.07. The summed E-state index contributed by atoms with van der Waals surface area (Å²) in [5.41, 5.74) is 4.37. The van der Waals surface area contributed by atoms with Crippen LogP contribution in [-0.4, -0.2) is 26.9 Å². The summed E-state index contributed by atoms with van der Waals surface area (Å²) in [4.78, 5) is 24.6. The van der Waals surface area contributed by atoms with Crippen molar-refractivity contribution < 1.29 is 9.53 Å². The van der Waals surface area contributed by atoms with E-state index >= 15 is 0 Å². The highest BCUT2D eigenvalue weighted by molar-refractivity contribution is 6.04. The molecule has 2 N–H and O–H groups in total. The van der Waals surface area contributed by atoms with Crippen molar-refractivity contribution in [1.82, 2.24) is 20.3 Å². The number of benzene rings is 1. The molecule has 144 valence electrons. The van der Waals surface area contributed by atoms with Gasteiger partial charge in [0.2, 0.25) is 5.88 Å². The van der Waals surface area contributed by atoms with Gasteiger partial charge in [0.15, 0.2) is 5.65 Å². The summed E-state index contributed by atoms with van der Waals surface area (Å²) in [5.74, 6) is 2.23. The highest BCUT2D eigenvalue weighted by atomic mass is 16.5. The number of hydrogen-bond donors (Lipinski definition) is 2. The first-order valence-electron chi connectivity index (χ1n) is 10.0. The number of carbonyl (C=O) groups excluding carboxylic acids is 1. The zero-order valence-corrected chi connectivity index (χ0v) is 16.2. The van der Waals surface area contributed by atoms with Gasteiger partial charge in [0.05, 0.1) is 11.8 Å². The summed E-state index contributed by atoms with van der Waals surface area (Å²) in [6.45, 7) is 4.31. The Labute approximate surface area is 163 Å². The van der Waals surface area contributed by atoms with Gasteiger partial charge in [-0.15, -0.1) is 0 Å². The summed E-state index contributed by atoms with van der Waals surface area (Å²) in [7, 11) is 0. The van der Waals surface area contributed by atoms with Gasteiger partial charge in [-0.3, -0.25) is 4.79 Å². The topological polar surface area (TPSA) is 79.9 Å². The Morgan fingerprint density at radius 1 is 1.32 bits per heavy atom. The van der Waals surface area contributed by atoms with E-state index in [4.69, 9.17) is 4.74 Å². The fraction of sp³-hybridized carbons (Fsp3) is 0.409. The maximum absolute atomic E-state index is 12.7. The average Bonchev–Trinajstić information content (AvgIpc) is 3.36. The summed E-state index contributed by atoms with van der Waals surface area (Å²) in [5, 5.41) is 3.07. The molecule has 2 unspecified atom stereocenters. The number of H-pyrrole nitrogens is 1. The molecule has 5 rings (SSSR count). The molecule has 1 amide bonds. The molecule has 1 saturated carbocycles. The number of hydrogen-bond acceptors (Lipinski definition) is 4. The van der Waals surface area contributed by atoms with Crippen molar-refractivity contribution in [1.29, 1.82) is 0 Å². The predicted octanol–water partition coefficient (Wildman–Crippen LogP) is 4.33. The highest BCUT2D eigenvalue weighted by Crippen LogP contribution is 2.36. The molecule has 3 aromatic rings. The number of ether oxygens (including phenoxy) is 1. The van der Waals surface area contributed by atoms with Crippen LogP contribution in [0.5, 0.6) is 11.6 Å². The molecule has 28 heavy (non-hydrogen) atoms. The van der Waals surface area contributed by atoms with Crippen molar-refractivity contribution in [3.63, 3.8) is 0 Å². The number of nitrogens with zero attached hydrogens (tertiary/aromatic N) is 2. The molecule has 6 nitrogen and oxygen atoms in total. The molecule has 2 heterocycles. The van der Waals surface area contributed by atoms with Gasteiger partial charge in [-0.1, -0.05) is 13.0 Å². The van der Waals surface area contributed by atoms with Crippen molar-refractivity contribution in [2.45, 2.75) is 51.5 Å². The molecule has 1 aromatic carbocycles. The first kappa shape index (κ1) is 17.2. The third-order valence-electron chi connectivity index (χ3n) is 6.01. The van der Waals surface area contributed by atoms with E-state index in [1.165, 1.54) is 30.4 Å². The number of rotatable bonds is 5. The second-order valence-electron chi connectivity index (χ2n) is 8.11. The van der Waals surface area contributed by atoms with E-state index in [0.717, 1.165) is 12.2 Å². The van der Waals surface area contributed by atoms with Gasteiger partial charge < -0.3 is 15.0 Å². The van der Waals surface area contributed by atoms with Gasteiger partial charge in [0.25, 0.3) is 5.91 Å². The van der Waals surface area contributed by atoms with Crippen molar-refractivity contribution in [2.24, 2.45) is 5.92 Å². The van der Waals surface area contributed by atoms with Gasteiger partial charge in [-0.25, -0.2) is 9.97 Å². The van der Waals surface area contributed by atoms with Crippen LogP contribution in [0.1, 0.15) is 60.5 Å². The molecular weight excluding hydrogens is 352 g/mol. The van der Waals surface area contributed by atoms with Crippen LogP contribution in [0.2, 0.25) is 0 Å². The van der Waals surface area contributed by atoms with E-state index in [-0.39, 0.29) is 11.9 Å². The van der Waals surface area contributed by atoms with Gasteiger partial charge >= 0.3 is 0 Å². The van der Waals surface area contributed by atoms with Crippen LogP contribution < -0.4 is 10.1 Å². The van der Waals surface area contributed by atoms with Crippen LogP contribution in [0, 0.1) is 5.92 Å². The maximum Gasteiger partial charge on any atom is 0.255 e. The van der Waals surface area contributed by atoms with Gasteiger partial charge in [0.1, 0.15) is 11.3 Å². The van der Waals surface area contributed by atoms with Gasteiger partial charge in [0, 0.05) is 12.2 Å². The summed E-state index contributed by atoms with van der Waals surface area (Å²) in [6.07, 6.45) is 7.90. The smallest absolute Gasteiger partial charge is 0.255 e. The van der Waals surface area contributed by atoms with Crippen LogP contribution >= 0.6 is 0 Å². The summed E-state index contributed by atoms with van der Waals surface area (Å²) >= 11 is 0. The molecule has 0 spiro atoms. The first-order chi connectivity index (χ1) is 13.6. The molecule has 0 saturated heterocycles. The summed E-state index contributed by atoms with van der Waals surface area (Å²) < 4.78 is 5.96. The molecule has 0 bridgehead atoms. The Morgan fingerprint density at radius 3 is 3.00 bits per heavy atom. The zero-order valence-electron chi connectivity index (χ0n) is 16.2. The number of nitrogens with one attached hydrogen (secondary N) is 2. The molecule has 2 atom stereocenters. The lowest BCUT2D eigenvalue weighted by molar-refractivity contribution is 0.0937. The molecule has 2 aromatic heterocycles. The number of aromatic nitrogens is 3. The molecule has 0 radical (unpaired) electrons. The largest absolute Gasteiger partial charge is 0.437 e. The normalized spacial score (nSPS) is 19.4. The van der Waals surface area contributed by atoms with E-state index in [1.807, 2.05) is 6.07 Å². The first-order valence-corrected chi connectivity index (χ1v) is 10.0. The number of fused-ring (bicyclic) bond motifs is 2. The minimum absolute atomic E-state index is 0.122. The zero-order chi connectivity index (χ0) is 19.3. The number of aromatic amines is 1. The lowest BCUT2D eigenvalue weighted by Crippen LogP contribution is -2.33. The molecule has 0 aliphatic heterocycles. The Bertz CT molecular complexity index is 1050. The minimum Gasteiger partial charge on any atom is -0.437 e. The van der Waals surface area contributed by atoms with Crippen LogP contribution in [-0.2, 0) is 6.42 Å². The van der Waals surface area contributed by atoms with Gasteiger partial charge in [-0.2, -0.15) is 0 Å². The molecule has 1 fully saturated rings. The van der Waals surface area contributed by atoms with Crippen molar-refractivity contribution in [3.05, 3.63) is 47.3 Å². The van der Waals surface area contributed by atoms with E-state index in [1.54, 1.807) is 12.4 Å². The van der Waals surface area contributed by atoms with Crippen molar-refractivity contribution >= 4 is 17.1 Å². The van der Waals surface area contributed by atoms with E-state index in [2.05, 4.69) is 46.2 Å². The standard InChI is InChI=1S/C22H24N4O2/c1-12-3-4-15-9-16(7-8-17(12)15)28-19-11-24-21-20(26-19)18(10-23-21)22(27)25-13(2)14-5-6-14/h7-14H,3-6H2,1-2H3,(H,23,24)(H,25,27). The highest BCUT2D eigenvalue weighted by Gasteiger charge is 2.29. The lowest BCUT2D eigenvalue weighted by Gasteiger charge is -2.12. The fourth-order valence-electron chi connectivity index (χ4n) is 4.09. The van der Waals surface area contributed by atoms with Crippen LogP contribution in [0.15, 0.2) is 30.6 Å². The number of carbonyl (C=O) groups is 1. The van der Waals surface area contributed by atoms with Crippen molar-refractivity contribution in [2.75, 3.05) is 0 Å². The maximum atomic E-state index is 12.7. The molecule has 2 aliphatic rings. The number of amides is 1.